The van der Waals surface area contributed by atoms with E-state index in [9.17, 15) is 9.90 Å². The zero-order valence-corrected chi connectivity index (χ0v) is 8.52. The minimum atomic E-state index is -1.19. The third-order valence-corrected chi connectivity index (χ3v) is 3.35. The first kappa shape index (κ1) is 10.2. The molecule has 0 spiro atoms. The van der Waals surface area contributed by atoms with Gasteiger partial charge < -0.3 is 10.8 Å². The summed E-state index contributed by atoms with van der Waals surface area (Å²) in [7, 11) is 0. The van der Waals surface area contributed by atoms with Gasteiger partial charge in [-0.2, -0.15) is 0 Å². The number of benzene rings is 1. The van der Waals surface area contributed by atoms with Gasteiger partial charge in [-0.3, -0.25) is 0 Å². The van der Waals surface area contributed by atoms with Crippen LogP contribution in [0.1, 0.15) is 24.8 Å². The van der Waals surface area contributed by atoms with Gasteiger partial charge >= 0.3 is 5.97 Å². The smallest absolute Gasteiger partial charge is 0.328 e. The van der Waals surface area contributed by atoms with E-state index in [2.05, 4.69) is 0 Å². The lowest BCUT2D eigenvalue weighted by atomic mass is 9.68. The van der Waals surface area contributed by atoms with E-state index in [1.54, 1.807) is 12.1 Å². The molecule has 0 bridgehead atoms. The van der Waals surface area contributed by atoms with Crippen LogP contribution >= 0.6 is 0 Å². The van der Waals surface area contributed by atoms with Crippen LogP contribution in [0.3, 0.4) is 0 Å². The van der Waals surface area contributed by atoms with Crippen molar-refractivity contribution in [2.75, 3.05) is 0 Å². The quantitative estimate of drug-likeness (QED) is 0.789. The minimum absolute atomic E-state index is 0.0809. The van der Waals surface area contributed by atoms with Gasteiger partial charge in [0.05, 0.1) is 0 Å². The van der Waals surface area contributed by atoms with Crippen LogP contribution in [0.2, 0.25) is 0 Å². The summed E-state index contributed by atoms with van der Waals surface area (Å²) in [4.78, 5) is 11.3. The van der Waals surface area contributed by atoms with Gasteiger partial charge in [-0.25, -0.2) is 4.79 Å². The molecular formula is C12H15NO2. The van der Waals surface area contributed by atoms with E-state index in [0.717, 1.165) is 19.3 Å². The van der Waals surface area contributed by atoms with Crippen molar-refractivity contribution in [2.24, 2.45) is 11.7 Å². The number of hydrogen-bond acceptors (Lipinski definition) is 2. The Kier molecular flexibility index (Phi) is 2.49. The minimum Gasteiger partial charge on any atom is -0.480 e. The Morgan fingerprint density at radius 2 is 1.93 bits per heavy atom. The van der Waals surface area contributed by atoms with Gasteiger partial charge in [0, 0.05) is 0 Å². The third kappa shape index (κ3) is 1.53. The molecule has 0 radical (unpaired) electrons. The second kappa shape index (κ2) is 3.66. The number of rotatable bonds is 3. The number of carboxylic acids is 1. The lowest BCUT2D eigenvalue weighted by Crippen LogP contribution is -2.53. The summed E-state index contributed by atoms with van der Waals surface area (Å²) in [6, 6.07) is 9.13. The van der Waals surface area contributed by atoms with Crippen molar-refractivity contribution in [3.05, 3.63) is 35.9 Å². The van der Waals surface area contributed by atoms with E-state index in [1.165, 1.54) is 0 Å². The van der Waals surface area contributed by atoms with Crippen LogP contribution in [0.15, 0.2) is 30.3 Å². The third-order valence-electron chi connectivity index (χ3n) is 3.35. The molecule has 0 heterocycles. The maximum Gasteiger partial charge on any atom is 0.328 e. The molecule has 1 fully saturated rings. The Morgan fingerprint density at radius 1 is 1.33 bits per heavy atom. The maximum atomic E-state index is 11.3. The summed E-state index contributed by atoms with van der Waals surface area (Å²) < 4.78 is 0. The molecule has 0 amide bonds. The van der Waals surface area contributed by atoms with Crippen molar-refractivity contribution in [1.82, 2.24) is 0 Å². The highest BCUT2D eigenvalue weighted by Crippen LogP contribution is 2.40. The number of hydrogen-bond donors (Lipinski definition) is 2. The number of nitrogens with two attached hydrogens (primary N) is 1. The monoisotopic (exact) mass is 205 g/mol. The van der Waals surface area contributed by atoms with E-state index in [-0.39, 0.29) is 5.92 Å². The SMILES string of the molecule is NC(C(=O)O)(c1ccccc1)C1CCC1. The zero-order chi connectivity index (χ0) is 10.9. The van der Waals surface area contributed by atoms with E-state index < -0.39 is 11.5 Å². The molecular weight excluding hydrogens is 190 g/mol. The Balaban J connectivity index is 2.38. The van der Waals surface area contributed by atoms with E-state index >= 15 is 0 Å². The first-order valence-electron chi connectivity index (χ1n) is 5.23. The Hall–Kier alpha value is -1.35. The normalized spacial score (nSPS) is 20.3. The van der Waals surface area contributed by atoms with Crippen LogP contribution in [0.4, 0.5) is 0 Å². The van der Waals surface area contributed by atoms with Crippen molar-refractivity contribution < 1.29 is 9.90 Å². The second-order valence-electron chi connectivity index (χ2n) is 4.17. The van der Waals surface area contributed by atoms with Crippen LogP contribution in [0.25, 0.3) is 0 Å². The van der Waals surface area contributed by atoms with Crippen LogP contribution in [0.5, 0.6) is 0 Å². The fourth-order valence-electron chi connectivity index (χ4n) is 2.11. The van der Waals surface area contributed by atoms with Gasteiger partial charge in [-0.05, 0) is 24.3 Å². The fraction of sp³-hybridized carbons (Fsp3) is 0.417. The predicted molar refractivity (Wildman–Crippen MR) is 57.3 cm³/mol. The highest BCUT2D eigenvalue weighted by atomic mass is 16.4. The van der Waals surface area contributed by atoms with Crippen molar-refractivity contribution >= 4 is 5.97 Å². The maximum absolute atomic E-state index is 11.3. The molecule has 15 heavy (non-hydrogen) atoms. The largest absolute Gasteiger partial charge is 0.480 e. The summed E-state index contributed by atoms with van der Waals surface area (Å²) in [5, 5.41) is 9.30. The molecule has 1 aromatic carbocycles. The molecule has 2 rings (SSSR count). The highest BCUT2D eigenvalue weighted by molar-refractivity contribution is 5.81. The lowest BCUT2D eigenvalue weighted by Gasteiger charge is -2.39. The van der Waals surface area contributed by atoms with Crippen molar-refractivity contribution in [3.8, 4) is 0 Å². The molecule has 1 saturated carbocycles. The zero-order valence-electron chi connectivity index (χ0n) is 8.52. The molecule has 1 aliphatic rings. The fourth-order valence-corrected chi connectivity index (χ4v) is 2.11. The Labute approximate surface area is 88.9 Å². The van der Waals surface area contributed by atoms with Gasteiger partial charge in [0.15, 0.2) is 0 Å². The number of carboxylic acid groups (broad SMARTS) is 1. The van der Waals surface area contributed by atoms with E-state index in [0.29, 0.717) is 5.56 Å². The molecule has 80 valence electrons. The Morgan fingerprint density at radius 3 is 2.33 bits per heavy atom. The van der Waals surface area contributed by atoms with Crippen LogP contribution in [-0.2, 0) is 10.3 Å². The predicted octanol–water partition coefficient (Wildman–Crippen LogP) is 1.73. The summed E-state index contributed by atoms with van der Waals surface area (Å²) in [6.07, 6.45) is 2.92. The van der Waals surface area contributed by atoms with Crippen molar-refractivity contribution in [1.29, 1.82) is 0 Å². The molecule has 1 unspecified atom stereocenters. The second-order valence-corrected chi connectivity index (χ2v) is 4.17. The molecule has 1 aliphatic carbocycles. The first-order chi connectivity index (χ1) is 7.15. The molecule has 1 aromatic rings. The topological polar surface area (TPSA) is 63.3 Å². The van der Waals surface area contributed by atoms with Crippen molar-refractivity contribution in [3.63, 3.8) is 0 Å². The molecule has 3 nitrogen and oxygen atoms in total. The number of carbonyl (C=O) groups is 1. The van der Waals surface area contributed by atoms with Crippen LogP contribution in [0, 0.1) is 5.92 Å². The molecule has 1 atom stereocenters. The van der Waals surface area contributed by atoms with Gasteiger partial charge in [-0.1, -0.05) is 36.8 Å². The summed E-state index contributed by atoms with van der Waals surface area (Å²) in [5.41, 5.74) is 5.58. The molecule has 0 aromatic heterocycles. The summed E-state index contributed by atoms with van der Waals surface area (Å²) >= 11 is 0. The van der Waals surface area contributed by atoms with Gasteiger partial charge in [0.2, 0.25) is 0 Å². The average Bonchev–Trinajstić information content (AvgIpc) is 2.16. The van der Waals surface area contributed by atoms with Crippen LogP contribution < -0.4 is 5.73 Å². The van der Waals surface area contributed by atoms with Crippen molar-refractivity contribution in [2.45, 2.75) is 24.8 Å². The molecule has 3 heteroatoms. The summed E-state index contributed by atoms with van der Waals surface area (Å²) in [6.45, 7) is 0. The van der Waals surface area contributed by atoms with Gasteiger partial charge in [0.1, 0.15) is 5.54 Å². The summed E-state index contributed by atoms with van der Waals surface area (Å²) in [5.74, 6) is -0.837. The first-order valence-corrected chi connectivity index (χ1v) is 5.23. The Bertz CT molecular complexity index is 359. The number of aliphatic carboxylic acids is 1. The molecule has 3 N–H and O–H groups in total. The van der Waals surface area contributed by atoms with Gasteiger partial charge in [-0.15, -0.1) is 0 Å². The standard InChI is InChI=1S/C12H15NO2/c13-12(11(14)15,10-7-4-8-10)9-5-2-1-3-6-9/h1-3,5-6,10H,4,7-8,13H2,(H,14,15). The molecule has 0 saturated heterocycles. The van der Waals surface area contributed by atoms with Crippen LogP contribution in [-0.4, -0.2) is 11.1 Å². The van der Waals surface area contributed by atoms with E-state index in [4.69, 9.17) is 5.73 Å². The lowest BCUT2D eigenvalue weighted by molar-refractivity contribution is -0.147. The average molecular weight is 205 g/mol. The van der Waals surface area contributed by atoms with Gasteiger partial charge in [0.25, 0.3) is 0 Å². The molecule has 0 aliphatic heterocycles. The van der Waals surface area contributed by atoms with E-state index in [1.807, 2.05) is 18.2 Å². The highest BCUT2D eigenvalue weighted by Gasteiger charge is 2.46.